The monoisotopic (exact) mass is 250 g/mol. The number of nitrogens with two attached hydrogens (primary N) is 1. The van der Waals surface area contributed by atoms with E-state index in [2.05, 4.69) is 21.7 Å². The van der Waals surface area contributed by atoms with E-state index in [9.17, 15) is 0 Å². The van der Waals surface area contributed by atoms with Crippen LogP contribution in [-0.2, 0) is 6.61 Å². The van der Waals surface area contributed by atoms with Crippen molar-refractivity contribution in [3.05, 3.63) is 34.3 Å². The van der Waals surface area contributed by atoms with Gasteiger partial charge in [0.1, 0.15) is 12.4 Å². The Morgan fingerprint density at radius 2 is 1.94 bits per heavy atom. The standard InChI is InChI=1S/C11H14N4OS/c1-7-3-8(2)5-9(4-7)16-6-10-14-15-11(13-12)17-10/h3-5H,6,12H2,1-2H3,(H,13,15). The highest BCUT2D eigenvalue weighted by Gasteiger charge is 2.04. The lowest BCUT2D eigenvalue weighted by atomic mass is 10.1. The normalized spacial score (nSPS) is 10.3. The average Bonchev–Trinajstić information content (AvgIpc) is 2.73. The molecule has 3 N–H and O–H groups in total. The van der Waals surface area contributed by atoms with Crippen LogP contribution in [0.1, 0.15) is 16.1 Å². The van der Waals surface area contributed by atoms with Gasteiger partial charge in [-0.15, -0.1) is 10.2 Å². The lowest BCUT2D eigenvalue weighted by Gasteiger charge is -2.06. The Balaban J connectivity index is 2.01. The van der Waals surface area contributed by atoms with Gasteiger partial charge in [0.05, 0.1) is 0 Å². The van der Waals surface area contributed by atoms with Crippen molar-refractivity contribution in [3.8, 4) is 5.75 Å². The first-order chi connectivity index (χ1) is 8.17. The molecular formula is C11H14N4OS. The third-order valence-corrected chi connectivity index (χ3v) is 2.98. The molecule has 0 aliphatic heterocycles. The molecule has 0 saturated carbocycles. The molecule has 0 unspecified atom stereocenters. The molecule has 6 heteroatoms. The average molecular weight is 250 g/mol. The molecule has 0 spiro atoms. The van der Waals surface area contributed by atoms with Gasteiger partial charge in [-0.05, 0) is 37.1 Å². The second-order valence-electron chi connectivity index (χ2n) is 3.76. The molecule has 0 saturated heterocycles. The molecule has 2 aromatic rings. The Hall–Kier alpha value is -1.66. The van der Waals surface area contributed by atoms with Crippen molar-refractivity contribution in [2.75, 3.05) is 5.43 Å². The highest BCUT2D eigenvalue weighted by Crippen LogP contribution is 2.19. The van der Waals surface area contributed by atoms with Crippen LogP contribution >= 0.6 is 11.3 Å². The summed E-state index contributed by atoms with van der Waals surface area (Å²) >= 11 is 1.38. The largest absolute Gasteiger partial charge is 0.486 e. The van der Waals surface area contributed by atoms with Crippen molar-refractivity contribution in [2.24, 2.45) is 5.84 Å². The van der Waals surface area contributed by atoms with Crippen molar-refractivity contribution in [3.63, 3.8) is 0 Å². The summed E-state index contributed by atoms with van der Waals surface area (Å²) in [4.78, 5) is 0. The lowest BCUT2D eigenvalue weighted by Crippen LogP contribution is -2.05. The summed E-state index contributed by atoms with van der Waals surface area (Å²) in [6.45, 7) is 4.49. The SMILES string of the molecule is Cc1cc(C)cc(OCc2nnc(NN)s2)c1. The van der Waals surface area contributed by atoms with E-state index < -0.39 is 0 Å². The van der Waals surface area contributed by atoms with Gasteiger partial charge in [-0.25, -0.2) is 5.84 Å². The molecule has 0 atom stereocenters. The maximum absolute atomic E-state index is 5.65. The Morgan fingerprint density at radius 1 is 1.24 bits per heavy atom. The van der Waals surface area contributed by atoms with E-state index in [-0.39, 0.29) is 0 Å². The predicted molar refractivity (Wildman–Crippen MR) is 68.0 cm³/mol. The summed E-state index contributed by atoms with van der Waals surface area (Å²) in [5.74, 6) is 6.07. The second kappa shape index (κ2) is 5.11. The van der Waals surface area contributed by atoms with Gasteiger partial charge in [0.2, 0.25) is 5.13 Å². The molecule has 1 aromatic heterocycles. The van der Waals surface area contributed by atoms with Crippen molar-refractivity contribution in [1.82, 2.24) is 10.2 Å². The van der Waals surface area contributed by atoms with E-state index in [1.165, 1.54) is 22.5 Å². The van der Waals surface area contributed by atoms with Crippen LogP contribution in [0.2, 0.25) is 0 Å². The fraction of sp³-hybridized carbons (Fsp3) is 0.273. The van der Waals surface area contributed by atoms with Crippen LogP contribution in [-0.4, -0.2) is 10.2 Å². The Labute approximate surface area is 104 Å². The van der Waals surface area contributed by atoms with E-state index in [0.717, 1.165) is 10.8 Å². The summed E-state index contributed by atoms with van der Waals surface area (Å²) in [7, 11) is 0. The van der Waals surface area contributed by atoms with Gasteiger partial charge >= 0.3 is 0 Å². The first-order valence-electron chi connectivity index (χ1n) is 5.17. The van der Waals surface area contributed by atoms with Crippen LogP contribution in [0.25, 0.3) is 0 Å². The summed E-state index contributed by atoms with van der Waals surface area (Å²) in [5.41, 5.74) is 4.82. The lowest BCUT2D eigenvalue weighted by molar-refractivity contribution is 0.304. The molecule has 5 nitrogen and oxygen atoms in total. The maximum atomic E-state index is 5.65. The van der Waals surface area contributed by atoms with Gasteiger partial charge < -0.3 is 4.74 Å². The molecule has 17 heavy (non-hydrogen) atoms. The highest BCUT2D eigenvalue weighted by molar-refractivity contribution is 7.15. The molecule has 0 bridgehead atoms. The number of hydrogen-bond acceptors (Lipinski definition) is 6. The molecule has 0 aliphatic rings. The number of rotatable bonds is 4. The van der Waals surface area contributed by atoms with Crippen LogP contribution in [0, 0.1) is 13.8 Å². The number of nitrogens with zero attached hydrogens (tertiary/aromatic N) is 2. The minimum Gasteiger partial charge on any atom is -0.486 e. The van der Waals surface area contributed by atoms with Crippen molar-refractivity contribution in [2.45, 2.75) is 20.5 Å². The summed E-state index contributed by atoms with van der Waals surface area (Å²) < 4.78 is 5.65. The molecule has 90 valence electrons. The van der Waals surface area contributed by atoms with E-state index >= 15 is 0 Å². The predicted octanol–water partition coefficient (Wildman–Crippen LogP) is 2.02. The number of benzene rings is 1. The summed E-state index contributed by atoms with van der Waals surface area (Å²) in [6.07, 6.45) is 0. The molecule has 0 fully saturated rings. The first kappa shape index (κ1) is 11.8. The van der Waals surface area contributed by atoms with Crippen molar-refractivity contribution >= 4 is 16.5 Å². The Kier molecular flexibility index (Phi) is 3.55. The molecule has 0 radical (unpaired) electrons. The molecule has 1 aromatic carbocycles. The van der Waals surface area contributed by atoms with Gasteiger partial charge in [0, 0.05) is 0 Å². The molecule has 0 amide bonds. The number of hydrogen-bond donors (Lipinski definition) is 2. The van der Waals surface area contributed by atoms with E-state index in [0.29, 0.717) is 11.7 Å². The zero-order valence-electron chi connectivity index (χ0n) is 9.73. The van der Waals surface area contributed by atoms with Crippen LogP contribution in [0.4, 0.5) is 5.13 Å². The summed E-state index contributed by atoms with van der Waals surface area (Å²) in [5, 5.41) is 9.16. The summed E-state index contributed by atoms with van der Waals surface area (Å²) in [6, 6.07) is 6.10. The fourth-order valence-electron chi connectivity index (χ4n) is 1.53. The van der Waals surface area contributed by atoms with Crippen molar-refractivity contribution < 1.29 is 4.74 Å². The van der Waals surface area contributed by atoms with Crippen LogP contribution in [0.5, 0.6) is 5.75 Å². The first-order valence-corrected chi connectivity index (χ1v) is 5.99. The number of nitrogen functional groups attached to an aromatic ring is 1. The topological polar surface area (TPSA) is 73.1 Å². The smallest absolute Gasteiger partial charge is 0.219 e. The number of aryl methyl sites for hydroxylation is 2. The zero-order chi connectivity index (χ0) is 12.3. The Bertz CT molecular complexity index is 492. The molecule has 1 heterocycles. The van der Waals surface area contributed by atoms with Gasteiger partial charge in [0.15, 0.2) is 5.01 Å². The molecular weight excluding hydrogens is 236 g/mol. The maximum Gasteiger partial charge on any atom is 0.219 e. The number of aromatic nitrogens is 2. The number of hydrazine groups is 1. The minimum atomic E-state index is 0.405. The van der Waals surface area contributed by atoms with E-state index in [1.54, 1.807) is 0 Å². The fourth-order valence-corrected chi connectivity index (χ4v) is 2.09. The van der Waals surface area contributed by atoms with Crippen molar-refractivity contribution in [1.29, 1.82) is 0 Å². The highest BCUT2D eigenvalue weighted by atomic mass is 32.1. The quantitative estimate of drug-likeness (QED) is 0.641. The van der Waals surface area contributed by atoms with Gasteiger partial charge in [0.25, 0.3) is 0 Å². The number of anilines is 1. The Morgan fingerprint density at radius 3 is 2.53 bits per heavy atom. The zero-order valence-corrected chi connectivity index (χ0v) is 10.5. The van der Waals surface area contributed by atoms with E-state index in [4.69, 9.17) is 10.6 Å². The van der Waals surface area contributed by atoms with Gasteiger partial charge in [-0.3, -0.25) is 5.43 Å². The van der Waals surface area contributed by atoms with E-state index in [1.807, 2.05) is 26.0 Å². The minimum absolute atomic E-state index is 0.405. The number of ether oxygens (including phenoxy) is 1. The van der Waals surface area contributed by atoms with Gasteiger partial charge in [-0.1, -0.05) is 17.4 Å². The molecule has 2 rings (SSSR count). The number of nitrogens with one attached hydrogen (secondary N) is 1. The second-order valence-corrected chi connectivity index (χ2v) is 4.82. The molecule has 0 aliphatic carbocycles. The van der Waals surface area contributed by atoms with Crippen LogP contribution in [0.3, 0.4) is 0 Å². The third kappa shape index (κ3) is 3.15. The van der Waals surface area contributed by atoms with Crippen LogP contribution in [0.15, 0.2) is 18.2 Å². The van der Waals surface area contributed by atoms with Crippen LogP contribution < -0.4 is 16.0 Å². The van der Waals surface area contributed by atoms with Gasteiger partial charge in [-0.2, -0.15) is 0 Å². The third-order valence-electron chi connectivity index (χ3n) is 2.15.